The fraction of sp³-hybridized carbons (Fsp3) is 0.643. The minimum Gasteiger partial charge on any atom is -0.481 e. The second kappa shape index (κ2) is 5.26. The van der Waals surface area contributed by atoms with Gasteiger partial charge in [0.1, 0.15) is 0 Å². The van der Waals surface area contributed by atoms with E-state index in [0.29, 0.717) is 19.0 Å². The van der Waals surface area contributed by atoms with Crippen molar-refractivity contribution in [3.63, 3.8) is 0 Å². The van der Waals surface area contributed by atoms with Gasteiger partial charge >= 0.3 is 5.97 Å². The van der Waals surface area contributed by atoms with Crippen molar-refractivity contribution in [2.24, 2.45) is 5.92 Å². The summed E-state index contributed by atoms with van der Waals surface area (Å²) in [5, 5.41) is 13.3. The molecule has 2 heterocycles. The second-order valence-electron chi connectivity index (χ2n) is 5.69. The molecule has 0 unspecified atom stereocenters. The van der Waals surface area contributed by atoms with Gasteiger partial charge in [-0.25, -0.2) is 0 Å². The quantitative estimate of drug-likeness (QED) is 0.844. The predicted octanol–water partition coefficient (Wildman–Crippen LogP) is 1.08. The van der Waals surface area contributed by atoms with Crippen LogP contribution in [-0.2, 0) is 16.1 Å². The minimum absolute atomic E-state index is 0.0414. The van der Waals surface area contributed by atoms with E-state index in [4.69, 9.17) is 5.11 Å². The third-order valence-corrected chi connectivity index (χ3v) is 4.11. The highest BCUT2D eigenvalue weighted by molar-refractivity contribution is 5.86. The van der Waals surface area contributed by atoms with Crippen LogP contribution in [0.2, 0.25) is 0 Å². The van der Waals surface area contributed by atoms with Gasteiger partial charge in [0.15, 0.2) is 0 Å². The van der Waals surface area contributed by atoms with E-state index in [1.54, 1.807) is 4.90 Å². The van der Waals surface area contributed by atoms with Crippen LogP contribution >= 0.6 is 0 Å². The number of aromatic nitrogens is 2. The van der Waals surface area contributed by atoms with Crippen LogP contribution in [0.15, 0.2) is 12.3 Å². The molecule has 3 rings (SSSR count). The van der Waals surface area contributed by atoms with Gasteiger partial charge in [-0.15, -0.1) is 0 Å². The molecule has 0 radical (unpaired) electrons. The van der Waals surface area contributed by atoms with Crippen molar-refractivity contribution >= 4 is 11.9 Å². The smallest absolute Gasteiger partial charge is 0.308 e. The number of carbonyl (C=O) groups excluding carboxylic acids is 1. The van der Waals surface area contributed by atoms with E-state index in [2.05, 4.69) is 11.2 Å². The molecule has 2 aliphatic rings. The van der Waals surface area contributed by atoms with Crippen molar-refractivity contribution in [2.45, 2.75) is 38.1 Å². The molecule has 1 aliphatic heterocycles. The molecule has 1 saturated carbocycles. The van der Waals surface area contributed by atoms with Gasteiger partial charge in [-0.2, -0.15) is 5.10 Å². The molecule has 0 spiro atoms. The van der Waals surface area contributed by atoms with Crippen LogP contribution in [0.1, 0.15) is 37.3 Å². The molecular formula is C14H19N3O3. The van der Waals surface area contributed by atoms with E-state index in [9.17, 15) is 9.59 Å². The van der Waals surface area contributed by atoms with Gasteiger partial charge in [-0.05, 0) is 25.3 Å². The highest BCUT2D eigenvalue weighted by Gasteiger charge is 2.33. The number of hydrogen-bond acceptors (Lipinski definition) is 3. The summed E-state index contributed by atoms with van der Waals surface area (Å²) in [6, 6.07) is 2.07. The molecule has 0 bridgehead atoms. The first-order valence-electron chi connectivity index (χ1n) is 7.17. The van der Waals surface area contributed by atoms with Crippen LogP contribution in [0.3, 0.4) is 0 Å². The van der Waals surface area contributed by atoms with Gasteiger partial charge in [0.2, 0.25) is 5.91 Å². The number of likely N-dealkylation sites (tertiary alicyclic amines) is 1. The maximum atomic E-state index is 11.7. The first kappa shape index (κ1) is 13.1. The maximum absolute atomic E-state index is 11.7. The SMILES string of the molecule is O=C(O)[C@H]1CC(=O)N(CCCn2nccc2C2CC2)C1. The summed E-state index contributed by atoms with van der Waals surface area (Å²) >= 11 is 0. The summed E-state index contributed by atoms with van der Waals surface area (Å²) in [6.45, 7) is 1.76. The third kappa shape index (κ3) is 2.69. The topological polar surface area (TPSA) is 75.4 Å². The van der Waals surface area contributed by atoms with Gasteiger partial charge in [-0.3, -0.25) is 14.3 Å². The Labute approximate surface area is 117 Å². The zero-order valence-corrected chi connectivity index (χ0v) is 11.4. The number of aliphatic carboxylic acids is 1. The molecule has 6 heteroatoms. The Morgan fingerprint density at radius 3 is 2.85 bits per heavy atom. The maximum Gasteiger partial charge on any atom is 0.308 e. The number of carboxylic acids is 1. The molecule has 1 aromatic rings. The number of hydrogen-bond donors (Lipinski definition) is 1. The molecular weight excluding hydrogens is 258 g/mol. The summed E-state index contributed by atoms with van der Waals surface area (Å²) in [5.74, 6) is -0.777. The van der Waals surface area contributed by atoms with Crippen LogP contribution in [0, 0.1) is 5.92 Å². The van der Waals surface area contributed by atoms with Gasteiger partial charge in [-0.1, -0.05) is 0 Å². The standard InChI is InChI=1S/C14H19N3O3/c18-13-8-11(14(19)20)9-16(13)6-1-7-17-12(4-5-15-17)10-2-3-10/h4-5,10-11H,1-3,6-9H2,(H,19,20)/t11-/m0/s1. The average Bonchev–Trinajstić information content (AvgIpc) is 3.03. The number of amides is 1. The van der Waals surface area contributed by atoms with Crippen LogP contribution < -0.4 is 0 Å². The molecule has 1 aliphatic carbocycles. The first-order chi connectivity index (χ1) is 9.65. The van der Waals surface area contributed by atoms with Gasteiger partial charge in [0, 0.05) is 43.9 Å². The largest absolute Gasteiger partial charge is 0.481 e. The van der Waals surface area contributed by atoms with Crippen molar-refractivity contribution in [1.82, 2.24) is 14.7 Å². The van der Waals surface area contributed by atoms with Crippen LogP contribution in [-0.4, -0.2) is 44.8 Å². The monoisotopic (exact) mass is 277 g/mol. The van der Waals surface area contributed by atoms with Crippen molar-refractivity contribution in [3.8, 4) is 0 Å². The lowest BCUT2D eigenvalue weighted by Crippen LogP contribution is -2.28. The number of carbonyl (C=O) groups is 2. The van der Waals surface area contributed by atoms with E-state index < -0.39 is 11.9 Å². The fourth-order valence-corrected chi connectivity index (χ4v) is 2.82. The lowest BCUT2D eigenvalue weighted by molar-refractivity contribution is -0.141. The molecule has 6 nitrogen and oxygen atoms in total. The Morgan fingerprint density at radius 2 is 2.20 bits per heavy atom. The van der Waals surface area contributed by atoms with Crippen molar-refractivity contribution in [2.75, 3.05) is 13.1 Å². The average molecular weight is 277 g/mol. The zero-order chi connectivity index (χ0) is 14.1. The molecule has 108 valence electrons. The van der Waals surface area contributed by atoms with E-state index in [0.717, 1.165) is 13.0 Å². The summed E-state index contributed by atoms with van der Waals surface area (Å²) in [4.78, 5) is 24.3. The summed E-state index contributed by atoms with van der Waals surface area (Å²) < 4.78 is 2.02. The molecule has 1 aromatic heterocycles. The molecule has 1 atom stereocenters. The third-order valence-electron chi connectivity index (χ3n) is 4.11. The molecule has 1 amide bonds. The van der Waals surface area contributed by atoms with Crippen LogP contribution in [0.5, 0.6) is 0 Å². The first-order valence-corrected chi connectivity index (χ1v) is 7.17. The summed E-state index contributed by atoms with van der Waals surface area (Å²) in [7, 11) is 0. The van der Waals surface area contributed by atoms with Crippen LogP contribution in [0.4, 0.5) is 0 Å². The Balaban J connectivity index is 1.49. The number of nitrogens with zero attached hydrogens (tertiary/aromatic N) is 3. The lowest BCUT2D eigenvalue weighted by atomic mass is 10.1. The van der Waals surface area contributed by atoms with E-state index in [1.807, 2.05) is 10.9 Å². The number of rotatable bonds is 6. The lowest BCUT2D eigenvalue weighted by Gasteiger charge is -2.16. The predicted molar refractivity (Wildman–Crippen MR) is 71.1 cm³/mol. The van der Waals surface area contributed by atoms with Gasteiger partial charge in [0.05, 0.1) is 5.92 Å². The Kier molecular flexibility index (Phi) is 3.46. The van der Waals surface area contributed by atoms with E-state index in [-0.39, 0.29) is 12.3 Å². The zero-order valence-electron chi connectivity index (χ0n) is 11.4. The van der Waals surface area contributed by atoms with Crippen LogP contribution in [0.25, 0.3) is 0 Å². The normalized spacial score (nSPS) is 22.5. The number of aryl methyl sites for hydroxylation is 1. The Hall–Kier alpha value is -1.85. The summed E-state index contributed by atoms with van der Waals surface area (Å²) in [6.07, 6.45) is 5.28. The molecule has 1 saturated heterocycles. The van der Waals surface area contributed by atoms with E-state index >= 15 is 0 Å². The molecule has 1 N–H and O–H groups in total. The minimum atomic E-state index is -0.871. The van der Waals surface area contributed by atoms with Crippen molar-refractivity contribution < 1.29 is 14.7 Å². The van der Waals surface area contributed by atoms with Gasteiger partial charge < -0.3 is 10.0 Å². The van der Waals surface area contributed by atoms with E-state index in [1.165, 1.54) is 18.5 Å². The summed E-state index contributed by atoms with van der Waals surface area (Å²) in [5.41, 5.74) is 1.29. The molecule has 2 fully saturated rings. The fourth-order valence-electron chi connectivity index (χ4n) is 2.82. The van der Waals surface area contributed by atoms with Gasteiger partial charge in [0.25, 0.3) is 0 Å². The second-order valence-corrected chi connectivity index (χ2v) is 5.69. The number of carboxylic acid groups (broad SMARTS) is 1. The van der Waals surface area contributed by atoms with Crippen molar-refractivity contribution in [3.05, 3.63) is 18.0 Å². The highest BCUT2D eigenvalue weighted by atomic mass is 16.4. The molecule has 20 heavy (non-hydrogen) atoms. The molecule has 0 aromatic carbocycles. The van der Waals surface area contributed by atoms with Crippen molar-refractivity contribution in [1.29, 1.82) is 0 Å². The Morgan fingerprint density at radius 1 is 1.40 bits per heavy atom. The Bertz CT molecular complexity index is 521. The highest BCUT2D eigenvalue weighted by Crippen LogP contribution is 2.39.